The van der Waals surface area contributed by atoms with Crippen molar-refractivity contribution in [1.82, 2.24) is 5.32 Å². The standard InChI is InChI=1S/C20H16Cl2N2O2S2/c21-14-4-6-15(7-5-14)27-11-9-23-19(25)13-3-8-16(22)17(12-13)24-20(26)18-2-1-10-28-18/h1-8,10,12H,9,11H2,(H,23,25)(H,24,26). The molecule has 0 saturated heterocycles. The molecule has 0 aliphatic rings. The van der Waals surface area contributed by atoms with Gasteiger partial charge in [-0.05, 0) is 53.9 Å². The van der Waals surface area contributed by atoms with Gasteiger partial charge in [-0.15, -0.1) is 23.1 Å². The fraction of sp³-hybridized carbons (Fsp3) is 0.100. The van der Waals surface area contributed by atoms with Crippen LogP contribution in [0.3, 0.4) is 0 Å². The Morgan fingerprint density at radius 1 is 1.00 bits per heavy atom. The number of carbonyl (C=O) groups excluding carboxylic acids is 2. The first-order chi connectivity index (χ1) is 13.5. The summed E-state index contributed by atoms with van der Waals surface area (Å²) in [6, 6.07) is 15.9. The van der Waals surface area contributed by atoms with Crippen LogP contribution in [0.5, 0.6) is 0 Å². The summed E-state index contributed by atoms with van der Waals surface area (Å²) in [6.45, 7) is 0.506. The van der Waals surface area contributed by atoms with Crippen LogP contribution in [0.25, 0.3) is 0 Å². The second-order valence-electron chi connectivity index (χ2n) is 5.68. The summed E-state index contributed by atoms with van der Waals surface area (Å²) in [7, 11) is 0. The Kier molecular flexibility index (Phi) is 7.39. The first-order valence-corrected chi connectivity index (χ1v) is 11.0. The van der Waals surface area contributed by atoms with Crippen molar-refractivity contribution < 1.29 is 9.59 Å². The molecule has 0 aliphatic heterocycles. The molecule has 0 spiro atoms. The Balaban J connectivity index is 1.54. The highest BCUT2D eigenvalue weighted by Gasteiger charge is 2.12. The minimum atomic E-state index is -0.256. The second kappa shape index (κ2) is 9.98. The third-order valence-corrected chi connectivity index (χ3v) is 6.16. The molecule has 0 unspecified atom stereocenters. The second-order valence-corrected chi connectivity index (χ2v) is 8.64. The van der Waals surface area contributed by atoms with Gasteiger partial charge in [0.05, 0.1) is 15.6 Å². The number of hydrogen-bond donors (Lipinski definition) is 2. The summed E-state index contributed by atoms with van der Waals surface area (Å²) in [4.78, 5) is 26.3. The summed E-state index contributed by atoms with van der Waals surface area (Å²) in [5.41, 5.74) is 0.839. The number of benzene rings is 2. The molecule has 2 N–H and O–H groups in total. The molecule has 0 aliphatic carbocycles. The maximum absolute atomic E-state index is 12.4. The molecule has 1 heterocycles. The minimum absolute atomic E-state index is 0.222. The van der Waals surface area contributed by atoms with E-state index in [2.05, 4.69) is 10.6 Å². The van der Waals surface area contributed by atoms with Gasteiger partial charge in [0.15, 0.2) is 0 Å². The first-order valence-electron chi connectivity index (χ1n) is 8.34. The lowest BCUT2D eigenvalue weighted by atomic mass is 10.2. The van der Waals surface area contributed by atoms with Gasteiger partial charge in [-0.3, -0.25) is 9.59 Å². The lowest BCUT2D eigenvalue weighted by Crippen LogP contribution is -2.25. The van der Waals surface area contributed by atoms with Crippen LogP contribution in [0, 0.1) is 0 Å². The Bertz CT molecular complexity index is 961. The average Bonchev–Trinajstić information content (AvgIpc) is 3.23. The van der Waals surface area contributed by atoms with Crippen LogP contribution < -0.4 is 10.6 Å². The zero-order valence-corrected chi connectivity index (χ0v) is 17.7. The topological polar surface area (TPSA) is 58.2 Å². The van der Waals surface area contributed by atoms with Gasteiger partial charge in [0, 0.05) is 27.8 Å². The molecule has 2 aromatic carbocycles. The van der Waals surface area contributed by atoms with E-state index in [4.69, 9.17) is 23.2 Å². The van der Waals surface area contributed by atoms with Gasteiger partial charge in [0.25, 0.3) is 11.8 Å². The molecule has 8 heteroatoms. The predicted molar refractivity (Wildman–Crippen MR) is 118 cm³/mol. The molecule has 0 bridgehead atoms. The van der Waals surface area contributed by atoms with Crippen molar-refractivity contribution in [2.24, 2.45) is 0 Å². The molecule has 0 saturated carbocycles. The molecule has 1 aromatic heterocycles. The molecule has 3 aromatic rings. The highest BCUT2D eigenvalue weighted by atomic mass is 35.5. The van der Waals surface area contributed by atoms with E-state index < -0.39 is 0 Å². The van der Waals surface area contributed by atoms with Crippen molar-refractivity contribution >= 4 is 63.8 Å². The van der Waals surface area contributed by atoms with Crippen molar-refractivity contribution in [3.63, 3.8) is 0 Å². The van der Waals surface area contributed by atoms with Gasteiger partial charge >= 0.3 is 0 Å². The Morgan fingerprint density at radius 2 is 1.79 bits per heavy atom. The van der Waals surface area contributed by atoms with Crippen molar-refractivity contribution in [2.45, 2.75) is 4.90 Å². The molecule has 0 atom stereocenters. The summed E-state index contributed by atoms with van der Waals surface area (Å²) in [5, 5.41) is 8.51. The fourth-order valence-corrected chi connectivity index (χ4v) is 4.00. The van der Waals surface area contributed by atoms with E-state index in [0.717, 1.165) is 10.6 Å². The number of thioether (sulfide) groups is 1. The number of amides is 2. The number of halogens is 2. The van der Waals surface area contributed by atoms with Crippen LogP contribution in [0.4, 0.5) is 5.69 Å². The van der Waals surface area contributed by atoms with Gasteiger partial charge in [0.1, 0.15) is 0 Å². The smallest absolute Gasteiger partial charge is 0.265 e. The quantitative estimate of drug-likeness (QED) is 0.351. The maximum Gasteiger partial charge on any atom is 0.265 e. The molecular weight excluding hydrogens is 435 g/mol. The normalized spacial score (nSPS) is 10.5. The van der Waals surface area contributed by atoms with Crippen LogP contribution in [0.1, 0.15) is 20.0 Å². The van der Waals surface area contributed by atoms with Crippen molar-refractivity contribution in [3.8, 4) is 0 Å². The molecule has 3 rings (SSSR count). The fourth-order valence-electron chi connectivity index (χ4n) is 2.32. The molecular formula is C20H16Cl2N2O2S2. The minimum Gasteiger partial charge on any atom is -0.351 e. The van der Waals surface area contributed by atoms with Crippen LogP contribution in [0.2, 0.25) is 10.0 Å². The van der Waals surface area contributed by atoms with Crippen LogP contribution in [0.15, 0.2) is 64.9 Å². The van der Waals surface area contributed by atoms with Gasteiger partial charge < -0.3 is 10.6 Å². The van der Waals surface area contributed by atoms with Gasteiger partial charge in [-0.25, -0.2) is 0 Å². The predicted octanol–water partition coefficient (Wildman–Crippen LogP) is 5.83. The molecule has 28 heavy (non-hydrogen) atoms. The molecule has 4 nitrogen and oxygen atoms in total. The van der Waals surface area contributed by atoms with Gasteiger partial charge in [-0.1, -0.05) is 29.3 Å². The lowest BCUT2D eigenvalue weighted by molar-refractivity contribution is 0.0954. The zero-order chi connectivity index (χ0) is 19.9. The van der Waals surface area contributed by atoms with Gasteiger partial charge in [0.2, 0.25) is 0 Å². The van der Waals surface area contributed by atoms with E-state index in [9.17, 15) is 9.59 Å². The van der Waals surface area contributed by atoms with Crippen molar-refractivity contribution in [2.75, 3.05) is 17.6 Å². The van der Waals surface area contributed by atoms with E-state index in [1.54, 1.807) is 42.1 Å². The number of nitrogens with one attached hydrogen (secondary N) is 2. The average molecular weight is 451 g/mol. The Hall–Kier alpha value is -1.99. The number of carbonyl (C=O) groups is 2. The highest BCUT2D eigenvalue weighted by molar-refractivity contribution is 7.99. The van der Waals surface area contributed by atoms with E-state index >= 15 is 0 Å². The summed E-state index contributed by atoms with van der Waals surface area (Å²) >= 11 is 15.0. The molecule has 0 radical (unpaired) electrons. The zero-order valence-electron chi connectivity index (χ0n) is 14.6. The van der Waals surface area contributed by atoms with Gasteiger partial charge in [-0.2, -0.15) is 0 Å². The number of rotatable bonds is 7. The monoisotopic (exact) mass is 450 g/mol. The van der Waals surface area contributed by atoms with Crippen molar-refractivity contribution in [3.05, 3.63) is 80.5 Å². The summed E-state index contributed by atoms with van der Waals surface area (Å²) in [6.07, 6.45) is 0. The molecule has 2 amide bonds. The largest absolute Gasteiger partial charge is 0.351 e. The SMILES string of the molecule is O=C(NCCSc1ccc(Cl)cc1)c1ccc(Cl)c(NC(=O)c2cccs2)c1. The van der Waals surface area contributed by atoms with E-state index in [1.165, 1.54) is 11.3 Å². The third-order valence-electron chi connectivity index (χ3n) is 3.69. The lowest BCUT2D eigenvalue weighted by Gasteiger charge is -2.10. The van der Waals surface area contributed by atoms with Crippen LogP contribution in [-0.2, 0) is 0 Å². The van der Waals surface area contributed by atoms with E-state index in [0.29, 0.717) is 32.7 Å². The Labute approximate surface area is 181 Å². The van der Waals surface area contributed by atoms with E-state index in [1.807, 2.05) is 29.6 Å². The van der Waals surface area contributed by atoms with Crippen LogP contribution >= 0.6 is 46.3 Å². The number of anilines is 1. The first kappa shape index (κ1) is 20.7. The Morgan fingerprint density at radius 3 is 2.50 bits per heavy atom. The summed E-state index contributed by atoms with van der Waals surface area (Å²) < 4.78 is 0. The maximum atomic E-state index is 12.4. The molecule has 144 valence electrons. The highest BCUT2D eigenvalue weighted by Crippen LogP contribution is 2.24. The number of thiophene rings is 1. The third kappa shape index (κ3) is 5.75. The molecule has 0 fully saturated rings. The van der Waals surface area contributed by atoms with Crippen molar-refractivity contribution in [1.29, 1.82) is 0 Å². The number of hydrogen-bond acceptors (Lipinski definition) is 4. The summed E-state index contributed by atoms with van der Waals surface area (Å²) in [5.74, 6) is 0.247. The van der Waals surface area contributed by atoms with E-state index in [-0.39, 0.29) is 11.8 Å². The van der Waals surface area contributed by atoms with Crippen LogP contribution in [-0.4, -0.2) is 24.1 Å².